The highest BCUT2D eigenvalue weighted by Gasteiger charge is 2.35. The molecule has 1 aliphatic rings. The fraction of sp³-hybridized carbons (Fsp3) is 0.316. The topological polar surface area (TPSA) is 55.6 Å². The minimum atomic E-state index is -0.515. The molecule has 1 saturated heterocycles. The van der Waals surface area contributed by atoms with Gasteiger partial charge in [0.1, 0.15) is 5.75 Å². The van der Waals surface area contributed by atoms with Gasteiger partial charge in [-0.05, 0) is 24.6 Å². The van der Waals surface area contributed by atoms with E-state index in [0.717, 1.165) is 0 Å². The van der Waals surface area contributed by atoms with E-state index in [1.165, 1.54) is 5.56 Å². The van der Waals surface area contributed by atoms with Crippen molar-refractivity contribution in [2.75, 3.05) is 13.1 Å². The number of carbonyl (C=O) groups is 1. The molecule has 23 heavy (non-hydrogen) atoms. The van der Waals surface area contributed by atoms with E-state index in [1.807, 2.05) is 53.4 Å². The lowest BCUT2D eigenvalue weighted by Gasteiger charge is -2.21. The van der Waals surface area contributed by atoms with Crippen LogP contribution in [0.1, 0.15) is 18.4 Å². The molecule has 2 aromatic rings. The first kappa shape index (κ1) is 15.6. The molecule has 4 nitrogen and oxygen atoms in total. The van der Waals surface area contributed by atoms with Gasteiger partial charge in [-0.15, -0.1) is 0 Å². The molecule has 120 valence electrons. The number of para-hydroxylation sites is 1. The smallest absolute Gasteiger partial charge is 0.263 e. The Labute approximate surface area is 136 Å². The number of nitrogens with two attached hydrogens (primary N) is 1. The quantitative estimate of drug-likeness (QED) is 0.943. The molecule has 2 aromatic carbocycles. The molecular formula is C19H22N2O2. The van der Waals surface area contributed by atoms with Crippen LogP contribution >= 0.6 is 0 Å². The lowest BCUT2D eigenvalue weighted by molar-refractivity contribution is -0.136. The fourth-order valence-electron chi connectivity index (χ4n) is 3.07. The van der Waals surface area contributed by atoms with Crippen LogP contribution in [0.15, 0.2) is 60.7 Å². The average molecular weight is 310 g/mol. The number of carbonyl (C=O) groups excluding carboxylic acids is 1. The summed E-state index contributed by atoms with van der Waals surface area (Å²) in [6.07, 6.45) is -0.515. The molecule has 0 aliphatic carbocycles. The van der Waals surface area contributed by atoms with Crippen LogP contribution in [-0.2, 0) is 4.79 Å². The molecule has 0 radical (unpaired) electrons. The zero-order valence-corrected chi connectivity index (χ0v) is 13.3. The summed E-state index contributed by atoms with van der Waals surface area (Å²) in [5.41, 5.74) is 7.44. The van der Waals surface area contributed by atoms with Gasteiger partial charge in [0, 0.05) is 25.0 Å². The normalized spacial score (nSPS) is 21.9. The maximum atomic E-state index is 12.6. The maximum absolute atomic E-state index is 12.6. The second-order valence-corrected chi connectivity index (χ2v) is 6.00. The standard InChI is InChI=1S/C19H22N2O2/c1-14(23-16-10-6-3-7-11-16)19(22)21-12-17(18(20)13-21)15-8-4-2-5-9-15/h2-11,14,17-18H,12-13,20H2,1H3/t14?,17-,18+/m0/s1. The first-order chi connectivity index (χ1) is 11.1. The Hall–Kier alpha value is -2.33. The fourth-order valence-corrected chi connectivity index (χ4v) is 3.07. The summed E-state index contributed by atoms with van der Waals surface area (Å²) in [7, 11) is 0. The van der Waals surface area contributed by atoms with Crippen molar-refractivity contribution >= 4 is 5.91 Å². The molecule has 1 heterocycles. The minimum absolute atomic E-state index is 0.0114. The summed E-state index contributed by atoms with van der Waals surface area (Å²) in [6, 6.07) is 19.5. The van der Waals surface area contributed by atoms with E-state index in [9.17, 15) is 4.79 Å². The van der Waals surface area contributed by atoms with Gasteiger partial charge >= 0.3 is 0 Å². The minimum Gasteiger partial charge on any atom is -0.481 e. The van der Waals surface area contributed by atoms with Gasteiger partial charge < -0.3 is 15.4 Å². The summed E-state index contributed by atoms with van der Waals surface area (Å²) < 4.78 is 5.73. The molecule has 1 amide bonds. The van der Waals surface area contributed by atoms with Crippen LogP contribution in [0.4, 0.5) is 0 Å². The number of ether oxygens (including phenoxy) is 1. The van der Waals surface area contributed by atoms with Gasteiger partial charge in [-0.2, -0.15) is 0 Å². The second kappa shape index (κ2) is 6.84. The Balaban J connectivity index is 1.64. The van der Waals surface area contributed by atoms with E-state index in [1.54, 1.807) is 6.92 Å². The monoisotopic (exact) mass is 310 g/mol. The van der Waals surface area contributed by atoms with Crippen molar-refractivity contribution in [1.29, 1.82) is 0 Å². The number of nitrogens with zero attached hydrogens (tertiary/aromatic N) is 1. The Morgan fingerprint density at radius 1 is 1.09 bits per heavy atom. The van der Waals surface area contributed by atoms with Crippen LogP contribution < -0.4 is 10.5 Å². The molecule has 0 saturated carbocycles. The van der Waals surface area contributed by atoms with Crippen LogP contribution in [0.3, 0.4) is 0 Å². The van der Waals surface area contributed by atoms with E-state index in [0.29, 0.717) is 18.8 Å². The third kappa shape index (κ3) is 3.54. The van der Waals surface area contributed by atoms with Crippen molar-refractivity contribution in [1.82, 2.24) is 4.90 Å². The summed E-state index contributed by atoms with van der Waals surface area (Å²) >= 11 is 0. The van der Waals surface area contributed by atoms with Crippen LogP contribution in [0.2, 0.25) is 0 Å². The van der Waals surface area contributed by atoms with Crippen LogP contribution in [0.25, 0.3) is 0 Å². The SMILES string of the molecule is CC(Oc1ccccc1)C(=O)N1C[C@@H](N)[C@H](c2ccccc2)C1. The number of likely N-dealkylation sites (tertiary alicyclic amines) is 1. The number of benzene rings is 2. The number of amides is 1. The largest absolute Gasteiger partial charge is 0.481 e. The maximum Gasteiger partial charge on any atom is 0.263 e. The second-order valence-electron chi connectivity index (χ2n) is 6.00. The van der Waals surface area contributed by atoms with Crippen molar-refractivity contribution in [3.8, 4) is 5.75 Å². The third-order valence-corrected chi connectivity index (χ3v) is 4.31. The van der Waals surface area contributed by atoms with Crippen molar-refractivity contribution < 1.29 is 9.53 Å². The van der Waals surface area contributed by atoms with Gasteiger partial charge in [-0.1, -0.05) is 48.5 Å². The first-order valence-electron chi connectivity index (χ1n) is 7.96. The summed E-state index contributed by atoms with van der Waals surface area (Å²) in [5.74, 6) is 0.878. The molecule has 1 fully saturated rings. The molecule has 3 rings (SSSR count). The van der Waals surface area contributed by atoms with E-state index in [2.05, 4.69) is 12.1 Å². The summed E-state index contributed by atoms with van der Waals surface area (Å²) in [5, 5.41) is 0. The lowest BCUT2D eigenvalue weighted by atomic mass is 9.95. The molecule has 1 aliphatic heterocycles. The molecule has 1 unspecified atom stereocenters. The first-order valence-corrected chi connectivity index (χ1v) is 7.96. The van der Waals surface area contributed by atoms with Gasteiger partial charge in [0.25, 0.3) is 5.91 Å². The van der Waals surface area contributed by atoms with Gasteiger partial charge in [0.05, 0.1) is 0 Å². The Kier molecular flexibility index (Phi) is 4.63. The Morgan fingerprint density at radius 3 is 2.35 bits per heavy atom. The summed E-state index contributed by atoms with van der Waals surface area (Å²) in [4.78, 5) is 14.4. The van der Waals surface area contributed by atoms with E-state index in [-0.39, 0.29) is 17.9 Å². The van der Waals surface area contributed by atoms with Crippen molar-refractivity contribution in [3.05, 3.63) is 66.2 Å². The highest BCUT2D eigenvalue weighted by atomic mass is 16.5. The van der Waals surface area contributed by atoms with E-state index < -0.39 is 6.10 Å². The molecule has 0 aromatic heterocycles. The van der Waals surface area contributed by atoms with Crippen molar-refractivity contribution in [3.63, 3.8) is 0 Å². The summed E-state index contributed by atoms with van der Waals surface area (Å²) in [6.45, 7) is 3.00. The van der Waals surface area contributed by atoms with Gasteiger partial charge in [-0.25, -0.2) is 0 Å². The molecule has 3 atom stereocenters. The zero-order chi connectivity index (χ0) is 16.2. The number of hydrogen-bond donors (Lipinski definition) is 1. The van der Waals surface area contributed by atoms with Crippen LogP contribution in [-0.4, -0.2) is 36.0 Å². The van der Waals surface area contributed by atoms with E-state index in [4.69, 9.17) is 10.5 Å². The highest BCUT2D eigenvalue weighted by molar-refractivity contribution is 5.81. The molecule has 4 heteroatoms. The molecule has 2 N–H and O–H groups in total. The Bertz CT molecular complexity index is 645. The van der Waals surface area contributed by atoms with Crippen molar-refractivity contribution in [2.24, 2.45) is 5.73 Å². The van der Waals surface area contributed by atoms with Crippen molar-refractivity contribution in [2.45, 2.75) is 25.0 Å². The zero-order valence-electron chi connectivity index (χ0n) is 13.3. The van der Waals surface area contributed by atoms with Crippen LogP contribution in [0.5, 0.6) is 5.75 Å². The number of rotatable bonds is 4. The van der Waals surface area contributed by atoms with Gasteiger partial charge in [-0.3, -0.25) is 4.79 Å². The lowest BCUT2D eigenvalue weighted by Crippen LogP contribution is -2.40. The molecular weight excluding hydrogens is 288 g/mol. The Morgan fingerprint density at radius 2 is 1.70 bits per heavy atom. The van der Waals surface area contributed by atoms with Gasteiger partial charge in [0.2, 0.25) is 0 Å². The van der Waals surface area contributed by atoms with Crippen LogP contribution in [0, 0.1) is 0 Å². The molecule has 0 spiro atoms. The predicted molar refractivity (Wildman–Crippen MR) is 90.3 cm³/mol. The average Bonchev–Trinajstić information content (AvgIpc) is 2.97. The highest BCUT2D eigenvalue weighted by Crippen LogP contribution is 2.27. The third-order valence-electron chi connectivity index (χ3n) is 4.31. The van der Waals surface area contributed by atoms with Gasteiger partial charge in [0.15, 0.2) is 6.10 Å². The molecule has 0 bridgehead atoms. The van der Waals surface area contributed by atoms with E-state index >= 15 is 0 Å². The number of hydrogen-bond acceptors (Lipinski definition) is 3. The predicted octanol–water partition coefficient (Wildman–Crippen LogP) is 2.41.